The van der Waals surface area contributed by atoms with E-state index >= 15 is 0 Å². The number of aromatic amines is 1. The lowest BCUT2D eigenvalue weighted by atomic mass is 9.74. The Morgan fingerprint density at radius 1 is 1.04 bits per heavy atom. The maximum Gasteiger partial charge on any atom is 0.176 e. The van der Waals surface area contributed by atoms with Crippen LogP contribution in [0.25, 0.3) is 33.7 Å². The average Bonchev–Trinajstić information content (AvgIpc) is 3.13. The molecular weight excluding hydrogens is 346 g/mol. The minimum Gasteiger partial charge on any atom is -0.426 e. The van der Waals surface area contributed by atoms with Crippen molar-refractivity contribution >= 4 is 23.3 Å². The van der Waals surface area contributed by atoms with Gasteiger partial charge < -0.3 is 10.2 Å². The second kappa shape index (κ2) is 5.64. The number of imidazole rings is 1. The van der Waals surface area contributed by atoms with Crippen LogP contribution in [0.2, 0.25) is 0 Å². The number of halogens is 1. The van der Waals surface area contributed by atoms with E-state index in [1.165, 1.54) is 15.7 Å². The van der Waals surface area contributed by atoms with Crippen molar-refractivity contribution < 1.29 is 5.21 Å². The molecule has 4 nitrogen and oxygen atoms in total. The Hall–Kier alpha value is -2.72. The summed E-state index contributed by atoms with van der Waals surface area (Å²) in [6, 6.07) is 18.1. The van der Waals surface area contributed by atoms with Gasteiger partial charge in [-0.15, -0.1) is 12.4 Å². The topological polar surface area (TPSA) is 53.8 Å². The maximum absolute atomic E-state index is 10.9. The van der Waals surface area contributed by atoms with E-state index in [9.17, 15) is 5.21 Å². The molecule has 2 N–H and O–H groups in total. The van der Waals surface area contributed by atoms with Crippen molar-refractivity contribution in [3.63, 3.8) is 0 Å². The molecule has 0 fully saturated rings. The highest BCUT2D eigenvalue weighted by Gasteiger charge is 2.38. The summed E-state index contributed by atoms with van der Waals surface area (Å²) < 4.78 is 1.24. The Bertz CT molecular complexity index is 1110. The van der Waals surface area contributed by atoms with Crippen LogP contribution in [0.5, 0.6) is 0 Å². The SMILES string of the molecule is CC1(C)Cc2nc(-c3ccccc3)n(O)c2-c2[nH]c3ccccc3c21.Cl. The van der Waals surface area contributed by atoms with Crippen molar-refractivity contribution in [3.8, 4) is 22.8 Å². The van der Waals surface area contributed by atoms with Gasteiger partial charge in [0.25, 0.3) is 0 Å². The summed E-state index contributed by atoms with van der Waals surface area (Å²) in [4.78, 5) is 8.29. The van der Waals surface area contributed by atoms with E-state index in [0.717, 1.165) is 34.6 Å². The third kappa shape index (κ3) is 2.19. The lowest BCUT2D eigenvalue weighted by Gasteiger charge is -2.29. The zero-order valence-electron chi connectivity index (χ0n) is 14.7. The van der Waals surface area contributed by atoms with E-state index in [2.05, 4.69) is 37.0 Å². The van der Waals surface area contributed by atoms with Crippen LogP contribution in [-0.4, -0.2) is 19.9 Å². The zero-order chi connectivity index (χ0) is 17.2. The second-order valence-corrected chi connectivity index (χ2v) is 7.39. The molecule has 5 rings (SSSR count). The van der Waals surface area contributed by atoms with Crippen LogP contribution in [0.15, 0.2) is 54.6 Å². The van der Waals surface area contributed by atoms with Crippen molar-refractivity contribution in [2.75, 3.05) is 0 Å². The third-order valence-electron chi connectivity index (χ3n) is 5.19. The van der Waals surface area contributed by atoms with E-state index in [4.69, 9.17) is 4.98 Å². The van der Waals surface area contributed by atoms with Crippen LogP contribution >= 0.6 is 12.4 Å². The zero-order valence-corrected chi connectivity index (χ0v) is 15.5. The molecule has 0 saturated carbocycles. The number of nitrogens with one attached hydrogen (secondary N) is 1. The van der Waals surface area contributed by atoms with Gasteiger partial charge in [-0.3, -0.25) is 0 Å². The first-order chi connectivity index (χ1) is 12.1. The van der Waals surface area contributed by atoms with E-state index in [1.807, 2.05) is 36.4 Å². The quantitative estimate of drug-likeness (QED) is 0.456. The molecule has 1 aliphatic carbocycles. The van der Waals surface area contributed by atoms with Crippen molar-refractivity contribution in [1.82, 2.24) is 14.7 Å². The van der Waals surface area contributed by atoms with Gasteiger partial charge in [0.1, 0.15) is 5.69 Å². The Morgan fingerprint density at radius 3 is 2.50 bits per heavy atom. The molecule has 0 spiro atoms. The summed E-state index contributed by atoms with van der Waals surface area (Å²) in [6.07, 6.45) is 0.796. The molecule has 132 valence electrons. The fraction of sp³-hybridized carbons (Fsp3) is 0.190. The van der Waals surface area contributed by atoms with Crippen molar-refractivity contribution in [2.45, 2.75) is 25.7 Å². The third-order valence-corrected chi connectivity index (χ3v) is 5.19. The number of hydrogen-bond acceptors (Lipinski definition) is 2. The number of benzene rings is 2. The van der Waals surface area contributed by atoms with Gasteiger partial charge in [-0.1, -0.05) is 62.4 Å². The molecule has 0 radical (unpaired) electrons. The van der Waals surface area contributed by atoms with E-state index in [1.54, 1.807) is 0 Å². The standard InChI is InChI=1S/C21H19N3O.ClH/c1-21(2)12-16-19(18-17(21)14-10-6-7-11-15(14)22-18)24(25)20(23-16)13-8-4-3-5-9-13;/h3-11,22,25H,12H2,1-2H3;1H. The Morgan fingerprint density at radius 2 is 1.73 bits per heavy atom. The van der Waals surface area contributed by atoms with Crippen LogP contribution in [0.4, 0.5) is 0 Å². The fourth-order valence-corrected chi connectivity index (χ4v) is 4.13. The fourth-order valence-electron chi connectivity index (χ4n) is 4.13. The lowest BCUT2D eigenvalue weighted by molar-refractivity contribution is 0.194. The normalized spacial score (nSPS) is 14.5. The minimum atomic E-state index is -0.0513. The molecule has 2 aromatic carbocycles. The summed E-state index contributed by atoms with van der Waals surface area (Å²) in [5.41, 5.74) is 5.90. The summed E-state index contributed by atoms with van der Waals surface area (Å²) in [7, 11) is 0. The number of aromatic nitrogens is 3. The van der Waals surface area contributed by atoms with Gasteiger partial charge in [0.05, 0.1) is 11.4 Å². The Balaban J connectivity index is 0.00000168. The van der Waals surface area contributed by atoms with E-state index < -0.39 is 0 Å². The minimum absolute atomic E-state index is 0. The molecule has 1 aliphatic rings. The highest BCUT2D eigenvalue weighted by molar-refractivity contribution is 5.93. The molecule has 5 heteroatoms. The van der Waals surface area contributed by atoms with Gasteiger partial charge in [0.15, 0.2) is 5.82 Å². The highest BCUT2D eigenvalue weighted by Crippen LogP contribution is 2.46. The van der Waals surface area contributed by atoms with Crippen LogP contribution in [0.3, 0.4) is 0 Å². The molecular formula is C21H20ClN3O. The monoisotopic (exact) mass is 365 g/mol. The number of rotatable bonds is 1. The first-order valence-corrected chi connectivity index (χ1v) is 8.54. The van der Waals surface area contributed by atoms with E-state index in [0.29, 0.717) is 5.82 Å². The van der Waals surface area contributed by atoms with Crippen molar-refractivity contribution in [1.29, 1.82) is 0 Å². The van der Waals surface area contributed by atoms with Gasteiger partial charge in [-0.05, 0) is 17.0 Å². The predicted octanol–water partition coefficient (Wildman–Crippen LogP) is 5.19. The molecule has 2 aromatic heterocycles. The van der Waals surface area contributed by atoms with Crippen LogP contribution < -0.4 is 0 Å². The predicted molar refractivity (Wildman–Crippen MR) is 106 cm³/mol. The summed E-state index contributed by atoms with van der Waals surface area (Å²) in [5, 5.41) is 12.1. The number of para-hydroxylation sites is 1. The first-order valence-electron chi connectivity index (χ1n) is 8.54. The van der Waals surface area contributed by atoms with Crippen molar-refractivity contribution in [3.05, 3.63) is 65.9 Å². The smallest absolute Gasteiger partial charge is 0.176 e. The molecule has 0 amide bonds. The first kappa shape index (κ1) is 16.7. The Labute approximate surface area is 157 Å². The van der Waals surface area contributed by atoms with Crippen LogP contribution in [-0.2, 0) is 11.8 Å². The number of fused-ring (bicyclic) bond motifs is 5. The summed E-state index contributed by atoms with van der Waals surface area (Å²) in [5.74, 6) is 0.591. The molecule has 4 aromatic rings. The lowest BCUT2D eigenvalue weighted by Crippen LogP contribution is -2.25. The van der Waals surface area contributed by atoms with Crippen LogP contribution in [0.1, 0.15) is 25.1 Å². The molecule has 2 heterocycles. The Kier molecular flexibility index (Phi) is 3.63. The average molecular weight is 366 g/mol. The molecule has 0 aliphatic heterocycles. The van der Waals surface area contributed by atoms with Crippen LogP contribution in [0, 0.1) is 0 Å². The highest BCUT2D eigenvalue weighted by atomic mass is 35.5. The maximum atomic E-state index is 10.9. The van der Waals surface area contributed by atoms with Crippen molar-refractivity contribution in [2.24, 2.45) is 0 Å². The molecule has 0 atom stereocenters. The van der Waals surface area contributed by atoms with E-state index in [-0.39, 0.29) is 17.8 Å². The van der Waals surface area contributed by atoms with Gasteiger partial charge in [0.2, 0.25) is 0 Å². The number of nitrogens with zero attached hydrogens (tertiary/aromatic N) is 2. The largest absolute Gasteiger partial charge is 0.426 e. The second-order valence-electron chi connectivity index (χ2n) is 7.39. The number of hydrogen-bond donors (Lipinski definition) is 2. The molecule has 0 saturated heterocycles. The van der Waals surface area contributed by atoms with Gasteiger partial charge in [0, 0.05) is 22.9 Å². The molecule has 26 heavy (non-hydrogen) atoms. The van der Waals surface area contributed by atoms with Gasteiger partial charge in [-0.2, -0.15) is 4.73 Å². The number of H-pyrrole nitrogens is 1. The molecule has 0 unspecified atom stereocenters. The summed E-state index contributed by atoms with van der Waals surface area (Å²) >= 11 is 0. The van der Waals surface area contributed by atoms with Gasteiger partial charge in [-0.25, -0.2) is 4.98 Å². The summed E-state index contributed by atoms with van der Waals surface area (Å²) in [6.45, 7) is 4.49. The molecule has 0 bridgehead atoms. The van der Waals surface area contributed by atoms with Gasteiger partial charge >= 0.3 is 0 Å².